The standard InChI is InChI=1S/C17H15FN2O2/c1-10-4-2-3-5-14(10)20-17(22)13-9-16(21)19-15-8-11(18)6-7-12(13)15/h2-8,13H,9H2,1H3,(H,19,21)(H,20,22). The second-order valence-corrected chi connectivity index (χ2v) is 5.34. The van der Waals surface area contributed by atoms with Gasteiger partial charge in [-0.05, 0) is 36.2 Å². The first kappa shape index (κ1) is 14.3. The van der Waals surface area contributed by atoms with Crippen molar-refractivity contribution in [1.29, 1.82) is 0 Å². The van der Waals surface area contributed by atoms with E-state index in [1.54, 1.807) is 6.07 Å². The molecule has 22 heavy (non-hydrogen) atoms. The van der Waals surface area contributed by atoms with E-state index in [4.69, 9.17) is 0 Å². The van der Waals surface area contributed by atoms with Crippen LogP contribution >= 0.6 is 0 Å². The minimum absolute atomic E-state index is 0.0519. The molecule has 1 aliphatic rings. The minimum Gasteiger partial charge on any atom is -0.326 e. The lowest BCUT2D eigenvalue weighted by Crippen LogP contribution is -2.31. The molecule has 2 aromatic carbocycles. The minimum atomic E-state index is -0.621. The molecule has 0 bridgehead atoms. The Kier molecular flexibility index (Phi) is 3.63. The van der Waals surface area contributed by atoms with E-state index in [0.29, 0.717) is 16.9 Å². The number of hydrogen-bond acceptors (Lipinski definition) is 2. The topological polar surface area (TPSA) is 58.2 Å². The monoisotopic (exact) mass is 298 g/mol. The van der Waals surface area contributed by atoms with Crippen LogP contribution in [0.15, 0.2) is 42.5 Å². The molecule has 1 aliphatic heterocycles. The zero-order chi connectivity index (χ0) is 15.7. The highest BCUT2D eigenvalue weighted by Crippen LogP contribution is 2.33. The highest BCUT2D eigenvalue weighted by Gasteiger charge is 2.31. The lowest BCUT2D eigenvalue weighted by atomic mass is 9.89. The van der Waals surface area contributed by atoms with Gasteiger partial charge in [0.1, 0.15) is 5.82 Å². The van der Waals surface area contributed by atoms with E-state index in [1.165, 1.54) is 12.1 Å². The maximum atomic E-state index is 13.3. The lowest BCUT2D eigenvalue weighted by Gasteiger charge is -2.25. The molecule has 1 unspecified atom stereocenters. The SMILES string of the molecule is Cc1ccccc1NC(=O)C1CC(=O)Nc2cc(F)ccc21. The van der Waals surface area contributed by atoms with E-state index in [0.717, 1.165) is 5.56 Å². The quantitative estimate of drug-likeness (QED) is 0.894. The van der Waals surface area contributed by atoms with Crippen molar-refractivity contribution in [3.8, 4) is 0 Å². The molecule has 0 radical (unpaired) electrons. The molecule has 3 rings (SSSR count). The highest BCUT2D eigenvalue weighted by molar-refractivity contribution is 6.05. The van der Waals surface area contributed by atoms with Crippen LogP contribution in [0.3, 0.4) is 0 Å². The van der Waals surface area contributed by atoms with E-state index in [1.807, 2.05) is 31.2 Å². The van der Waals surface area contributed by atoms with Crippen molar-refractivity contribution in [3.05, 3.63) is 59.4 Å². The summed E-state index contributed by atoms with van der Waals surface area (Å²) in [5, 5.41) is 5.45. The van der Waals surface area contributed by atoms with Crippen LogP contribution in [0.1, 0.15) is 23.5 Å². The predicted molar refractivity (Wildman–Crippen MR) is 82.2 cm³/mol. The summed E-state index contributed by atoms with van der Waals surface area (Å²) in [5.41, 5.74) is 2.64. The molecule has 2 aromatic rings. The Morgan fingerprint density at radius 2 is 2.05 bits per heavy atom. The van der Waals surface area contributed by atoms with Crippen molar-refractivity contribution < 1.29 is 14.0 Å². The van der Waals surface area contributed by atoms with Gasteiger partial charge in [0.15, 0.2) is 0 Å². The molecular formula is C17H15FN2O2. The first-order valence-corrected chi connectivity index (χ1v) is 7.00. The van der Waals surface area contributed by atoms with Gasteiger partial charge in [0, 0.05) is 17.8 Å². The summed E-state index contributed by atoms with van der Waals surface area (Å²) in [6, 6.07) is 11.5. The van der Waals surface area contributed by atoms with Crippen molar-refractivity contribution in [2.75, 3.05) is 10.6 Å². The molecule has 1 atom stereocenters. The van der Waals surface area contributed by atoms with Gasteiger partial charge in [-0.25, -0.2) is 4.39 Å². The largest absolute Gasteiger partial charge is 0.326 e. The number of aryl methyl sites for hydroxylation is 1. The van der Waals surface area contributed by atoms with Crippen molar-refractivity contribution in [2.24, 2.45) is 0 Å². The number of amides is 2. The Morgan fingerprint density at radius 3 is 2.82 bits per heavy atom. The molecule has 2 N–H and O–H groups in total. The van der Waals surface area contributed by atoms with E-state index in [9.17, 15) is 14.0 Å². The molecule has 0 aromatic heterocycles. The molecule has 1 heterocycles. The highest BCUT2D eigenvalue weighted by atomic mass is 19.1. The summed E-state index contributed by atoms with van der Waals surface area (Å²) < 4.78 is 13.3. The number of fused-ring (bicyclic) bond motifs is 1. The van der Waals surface area contributed by atoms with Crippen LogP contribution in [-0.4, -0.2) is 11.8 Å². The Labute approximate surface area is 127 Å². The van der Waals surface area contributed by atoms with Gasteiger partial charge < -0.3 is 10.6 Å². The number of carbonyl (C=O) groups is 2. The smallest absolute Gasteiger partial charge is 0.232 e. The van der Waals surface area contributed by atoms with Gasteiger partial charge in [0.25, 0.3) is 0 Å². The molecule has 0 spiro atoms. The van der Waals surface area contributed by atoms with E-state index >= 15 is 0 Å². The number of carbonyl (C=O) groups excluding carboxylic acids is 2. The molecule has 2 amide bonds. The third-order valence-corrected chi connectivity index (χ3v) is 3.77. The van der Waals surface area contributed by atoms with E-state index in [2.05, 4.69) is 10.6 Å². The van der Waals surface area contributed by atoms with Crippen LogP contribution in [-0.2, 0) is 9.59 Å². The number of hydrogen-bond donors (Lipinski definition) is 2. The Hall–Kier alpha value is -2.69. The molecule has 112 valence electrons. The summed E-state index contributed by atoms with van der Waals surface area (Å²) in [5.74, 6) is -1.62. The van der Waals surface area contributed by atoms with E-state index in [-0.39, 0.29) is 18.2 Å². The molecule has 0 saturated heterocycles. The Bertz CT molecular complexity index is 758. The number of nitrogens with one attached hydrogen (secondary N) is 2. The normalized spacial score (nSPS) is 16.6. The second kappa shape index (κ2) is 5.60. The zero-order valence-corrected chi connectivity index (χ0v) is 12.0. The second-order valence-electron chi connectivity index (χ2n) is 5.34. The Balaban J connectivity index is 1.90. The first-order valence-electron chi connectivity index (χ1n) is 7.00. The van der Waals surface area contributed by atoms with Crippen LogP contribution in [0.4, 0.5) is 15.8 Å². The molecular weight excluding hydrogens is 283 g/mol. The first-order chi connectivity index (χ1) is 10.5. The molecule has 5 heteroatoms. The van der Waals surface area contributed by atoms with Gasteiger partial charge in [-0.15, -0.1) is 0 Å². The maximum Gasteiger partial charge on any atom is 0.232 e. The predicted octanol–water partition coefficient (Wildman–Crippen LogP) is 3.20. The molecule has 0 fully saturated rings. The van der Waals surface area contributed by atoms with Gasteiger partial charge in [0.05, 0.1) is 5.92 Å². The van der Waals surface area contributed by atoms with Crippen LogP contribution in [0.5, 0.6) is 0 Å². The number of anilines is 2. The summed E-state index contributed by atoms with van der Waals surface area (Å²) in [6.07, 6.45) is 0.0519. The van der Waals surface area contributed by atoms with Crippen LogP contribution in [0.25, 0.3) is 0 Å². The van der Waals surface area contributed by atoms with E-state index < -0.39 is 11.7 Å². The Morgan fingerprint density at radius 1 is 1.27 bits per heavy atom. The fourth-order valence-corrected chi connectivity index (χ4v) is 2.60. The number of para-hydroxylation sites is 1. The van der Waals surface area contributed by atoms with Gasteiger partial charge in [-0.3, -0.25) is 9.59 Å². The van der Waals surface area contributed by atoms with Gasteiger partial charge >= 0.3 is 0 Å². The summed E-state index contributed by atoms with van der Waals surface area (Å²) in [7, 11) is 0. The van der Waals surface area contributed by atoms with Crippen LogP contribution < -0.4 is 10.6 Å². The van der Waals surface area contributed by atoms with Gasteiger partial charge in [0.2, 0.25) is 11.8 Å². The van der Waals surface area contributed by atoms with Gasteiger partial charge in [-0.1, -0.05) is 24.3 Å². The van der Waals surface area contributed by atoms with Crippen molar-refractivity contribution in [2.45, 2.75) is 19.3 Å². The third kappa shape index (κ3) is 2.70. The summed E-state index contributed by atoms with van der Waals surface area (Å²) in [6.45, 7) is 1.90. The fraction of sp³-hybridized carbons (Fsp3) is 0.176. The molecule has 0 saturated carbocycles. The van der Waals surface area contributed by atoms with Crippen LogP contribution in [0, 0.1) is 12.7 Å². The third-order valence-electron chi connectivity index (χ3n) is 3.77. The number of rotatable bonds is 2. The summed E-state index contributed by atoms with van der Waals surface area (Å²) >= 11 is 0. The van der Waals surface area contributed by atoms with Crippen molar-refractivity contribution in [1.82, 2.24) is 0 Å². The fourth-order valence-electron chi connectivity index (χ4n) is 2.60. The number of benzene rings is 2. The molecule has 0 aliphatic carbocycles. The van der Waals surface area contributed by atoms with Crippen LogP contribution in [0.2, 0.25) is 0 Å². The lowest BCUT2D eigenvalue weighted by molar-refractivity contribution is -0.123. The zero-order valence-electron chi connectivity index (χ0n) is 12.0. The van der Waals surface area contributed by atoms with Crippen molar-refractivity contribution >= 4 is 23.2 Å². The maximum absolute atomic E-state index is 13.3. The molecule has 4 nitrogen and oxygen atoms in total. The average Bonchev–Trinajstić information content (AvgIpc) is 2.48. The van der Waals surface area contributed by atoms with Crippen molar-refractivity contribution in [3.63, 3.8) is 0 Å². The number of halogens is 1. The van der Waals surface area contributed by atoms with Gasteiger partial charge in [-0.2, -0.15) is 0 Å². The average molecular weight is 298 g/mol. The summed E-state index contributed by atoms with van der Waals surface area (Å²) in [4.78, 5) is 24.3.